The van der Waals surface area contributed by atoms with Gasteiger partial charge < -0.3 is 9.47 Å². The Morgan fingerprint density at radius 2 is 1.71 bits per heavy atom. The lowest BCUT2D eigenvalue weighted by Gasteiger charge is -2.20. The molecule has 0 unspecified atom stereocenters. The topological polar surface area (TPSA) is 35.5 Å². The maximum absolute atomic E-state index is 12.6. The molecular weight excluding hydrogens is 436 g/mol. The molecule has 0 amide bonds. The van der Waals surface area contributed by atoms with Gasteiger partial charge in [0.15, 0.2) is 0 Å². The molecule has 0 aliphatic carbocycles. The minimum Gasteiger partial charge on any atom is -0.493 e. The zero-order valence-electron chi connectivity index (χ0n) is 14.2. The second kappa shape index (κ2) is 7.70. The third kappa shape index (κ3) is 4.61. The first-order chi connectivity index (χ1) is 11.2. The lowest BCUT2D eigenvalue weighted by atomic mass is 9.87. The molecule has 0 saturated carbocycles. The van der Waals surface area contributed by atoms with E-state index < -0.39 is 5.97 Å². The van der Waals surface area contributed by atoms with Crippen LogP contribution in [0, 0.1) is 0 Å². The van der Waals surface area contributed by atoms with Gasteiger partial charge in [0.05, 0.1) is 11.1 Å². The van der Waals surface area contributed by atoms with E-state index in [9.17, 15) is 4.79 Å². The van der Waals surface area contributed by atoms with Gasteiger partial charge in [-0.3, -0.25) is 0 Å². The summed E-state index contributed by atoms with van der Waals surface area (Å²) in [7, 11) is 0. The molecule has 0 fully saturated rings. The highest BCUT2D eigenvalue weighted by atomic mass is 79.9. The number of hydrogen-bond acceptors (Lipinski definition) is 3. The molecule has 0 heterocycles. The predicted octanol–water partition coefficient (Wildman–Crippen LogP) is 6.13. The third-order valence-corrected chi connectivity index (χ3v) is 4.57. The van der Waals surface area contributed by atoms with Crippen LogP contribution in [0.5, 0.6) is 11.5 Å². The number of rotatable bonds is 4. The highest BCUT2D eigenvalue weighted by Gasteiger charge is 2.19. The Balaban J connectivity index is 2.29. The molecule has 2 aromatic rings. The van der Waals surface area contributed by atoms with Gasteiger partial charge in [0.1, 0.15) is 17.1 Å². The molecule has 2 aromatic carbocycles. The fourth-order valence-electron chi connectivity index (χ4n) is 2.15. The molecule has 0 atom stereocenters. The lowest BCUT2D eigenvalue weighted by molar-refractivity contribution is 0.0729. The summed E-state index contributed by atoms with van der Waals surface area (Å²) in [5.74, 6) is 0.535. The summed E-state index contributed by atoms with van der Waals surface area (Å²) in [6.45, 7) is 8.76. The Labute approximate surface area is 159 Å². The Kier molecular flexibility index (Phi) is 6.10. The number of carbonyl (C=O) groups is 1. The van der Waals surface area contributed by atoms with E-state index in [0.29, 0.717) is 23.7 Å². The normalized spacial score (nSPS) is 11.2. The zero-order valence-corrected chi connectivity index (χ0v) is 17.3. The molecule has 5 heteroatoms. The molecule has 0 aliphatic heterocycles. The van der Waals surface area contributed by atoms with Crippen molar-refractivity contribution in [2.75, 3.05) is 6.61 Å². The van der Waals surface area contributed by atoms with Gasteiger partial charge in [-0.1, -0.05) is 42.8 Å². The van der Waals surface area contributed by atoms with Crippen molar-refractivity contribution in [1.82, 2.24) is 0 Å². The smallest absolute Gasteiger partial charge is 0.347 e. The molecular formula is C19H20Br2O3. The van der Waals surface area contributed by atoms with Crippen molar-refractivity contribution in [1.29, 1.82) is 0 Å². The van der Waals surface area contributed by atoms with Crippen LogP contribution in [0.4, 0.5) is 0 Å². The highest BCUT2D eigenvalue weighted by molar-refractivity contribution is 9.10. The van der Waals surface area contributed by atoms with Gasteiger partial charge in [0.2, 0.25) is 0 Å². The summed E-state index contributed by atoms with van der Waals surface area (Å²) in [5.41, 5.74) is 1.57. The highest BCUT2D eigenvalue weighted by Crippen LogP contribution is 2.33. The molecule has 0 aromatic heterocycles. The first-order valence-electron chi connectivity index (χ1n) is 7.67. The van der Waals surface area contributed by atoms with Crippen LogP contribution in [0.25, 0.3) is 0 Å². The van der Waals surface area contributed by atoms with Crippen LogP contribution in [-0.4, -0.2) is 12.6 Å². The van der Waals surface area contributed by atoms with E-state index in [2.05, 4.69) is 52.6 Å². The van der Waals surface area contributed by atoms with Crippen molar-refractivity contribution in [3.05, 3.63) is 56.5 Å². The van der Waals surface area contributed by atoms with Crippen LogP contribution < -0.4 is 9.47 Å². The standard InChI is InChI=1S/C19H20Br2O3/c1-5-23-16-9-7-13(20)11-14(16)18(22)24-17-8-6-12(10-15(17)21)19(2,3)4/h6-11H,5H2,1-4H3. The fourth-order valence-corrected chi connectivity index (χ4v) is 2.97. The van der Waals surface area contributed by atoms with Crippen molar-refractivity contribution in [3.63, 3.8) is 0 Å². The van der Waals surface area contributed by atoms with E-state index >= 15 is 0 Å². The van der Waals surface area contributed by atoms with Crippen molar-refractivity contribution in [3.8, 4) is 11.5 Å². The number of ether oxygens (including phenoxy) is 2. The molecule has 128 valence electrons. The van der Waals surface area contributed by atoms with E-state index in [1.54, 1.807) is 18.2 Å². The van der Waals surface area contributed by atoms with Crippen LogP contribution in [-0.2, 0) is 5.41 Å². The maximum Gasteiger partial charge on any atom is 0.347 e. The van der Waals surface area contributed by atoms with Crippen molar-refractivity contribution < 1.29 is 14.3 Å². The van der Waals surface area contributed by atoms with Crippen molar-refractivity contribution in [2.45, 2.75) is 33.1 Å². The molecule has 0 bridgehead atoms. The van der Waals surface area contributed by atoms with Crippen LogP contribution >= 0.6 is 31.9 Å². The van der Waals surface area contributed by atoms with E-state index in [1.165, 1.54) is 0 Å². The number of hydrogen-bond donors (Lipinski definition) is 0. The van der Waals surface area contributed by atoms with Crippen LogP contribution in [0.15, 0.2) is 45.3 Å². The third-order valence-electron chi connectivity index (χ3n) is 3.46. The molecule has 2 rings (SSSR count). The van der Waals surface area contributed by atoms with E-state index in [-0.39, 0.29) is 5.41 Å². The largest absolute Gasteiger partial charge is 0.493 e. The average Bonchev–Trinajstić information content (AvgIpc) is 2.50. The molecule has 0 radical (unpaired) electrons. The second-order valence-corrected chi connectivity index (χ2v) is 8.13. The Hall–Kier alpha value is -1.33. The van der Waals surface area contributed by atoms with Gasteiger partial charge >= 0.3 is 5.97 Å². The first kappa shape index (κ1) is 19.0. The molecule has 24 heavy (non-hydrogen) atoms. The average molecular weight is 456 g/mol. The SMILES string of the molecule is CCOc1ccc(Br)cc1C(=O)Oc1ccc(C(C)(C)C)cc1Br. The van der Waals surface area contributed by atoms with Gasteiger partial charge in [0, 0.05) is 4.47 Å². The second-order valence-electron chi connectivity index (χ2n) is 6.36. The Morgan fingerprint density at radius 1 is 1.04 bits per heavy atom. The monoisotopic (exact) mass is 454 g/mol. The Morgan fingerprint density at radius 3 is 2.29 bits per heavy atom. The summed E-state index contributed by atoms with van der Waals surface area (Å²) >= 11 is 6.86. The fraction of sp³-hybridized carbons (Fsp3) is 0.316. The van der Waals surface area contributed by atoms with Crippen LogP contribution in [0.2, 0.25) is 0 Å². The quantitative estimate of drug-likeness (QED) is 0.411. The van der Waals surface area contributed by atoms with Gasteiger partial charge in [-0.25, -0.2) is 4.79 Å². The summed E-state index contributed by atoms with van der Waals surface area (Å²) in [4.78, 5) is 12.6. The number of carbonyl (C=O) groups excluding carboxylic acids is 1. The number of esters is 1. The van der Waals surface area contributed by atoms with Gasteiger partial charge in [-0.2, -0.15) is 0 Å². The van der Waals surface area contributed by atoms with Gasteiger partial charge in [0.25, 0.3) is 0 Å². The predicted molar refractivity (Wildman–Crippen MR) is 103 cm³/mol. The number of benzene rings is 2. The molecule has 0 aliphatic rings. The minimum absolute atomic E-state index is 0.0253. The lowest BCUT2D eigenvalue weighted by Crippen LogP contribution is -2.13. The molecule has 3 nitrogen and oxygen atoms in total. The maximum atomic E-state index is 12.6. The molecule has 0 N–H and O–H groups in total. The minimum atomic E-state index is -0.455. The Bertz CT molecular complexity index is 749. The van der Waals surface area contributed by atoms with Gasteiger partial charge in [-0.15, -0.1) is 0 Å². The zero-order chi connectivity index (χ0) is 17.9. The van der Waals surface area contributed by atoms with E-state index in [4.69, 9.17) is 9.47 Å². The van der Waals surface area contributed by atoms with Crippen LogP contribution in [0.3, 0.4) is 0 Å². The molecule has 0 spiro atoms. The summed E-state index contributed by atoms with van der Waals surface area (Å²) in [6.07, 6.45) is 0. The summed E-state index contributed by atoms with van der Waals surface area (Å²) in [6, 6.07) is 11.0. The summed E-state index contributed by atoms with van der Waals surface area (Å²) in [5, 5.41) is 0. The van der Waals surface area contributed by atoms with Crippen molar-refractivity contribution in [2.24, 2.45) is 0 Å². The van der Waals surface area contributed by atoms with E-state index in [0.717, 1.165) is 14.5 Å². The van der Waals surface area contributed by atoms with Crippen LogP contribution in [0.1, 0.15) is 43.6 Å². The van der Waals surface area contributed by atoms with Crippen molar-refractivity contribution >= 4 is 37.8 Å². The summed E-state index contributed by atoms with van der Waals surface area (Å²) < 4.78 is 12.6. The van der Waals surface area contributed by atoms with Gasteiger partial charge in [-0.05, 0) is 64.2 Å². The number of halogens is 2. The van der Waals surface area contributed by atoms with E-state index in [1.807, 2.05) is 25.1 Å². The first-order valence-corrected chi connectivity index (χ1v) is 9.25. The molecule has 0 saturated heterocycles.